The summed E-state index contributed by atoms with van der Waals surface area (Å²) in [4.78, 5) is 0. The zero-order valence-electron chi connectivity index (χ0n) is 19.0. The maximum absolute atomic E-state index is 9.94. The van der Waals surface area contributed by atoms with Gasteiger partial charge in [-0.2, -0.15) is 10.5 Å². The maximum atomic E-state index is 9.94. The minimum atomic E-state index is -0.631. The Morgan fingerprint density at radius 3 is 2.27 bits per heavy atom. The largest absolute Gasteiger partial charge is 0.305 e. The molecule has 3 rings (SSSR count). The zero-order chi connectivity index (χ0) is 24.0. The third-order valence-corrected chi connectivity index (χ3v) is 6.78. The van der Waals surface area contributed by atoms with Gasteiger partial charge in [0.25, 0.3) is 0 Å². The zero-order valence-corrected chi connectivity index (χ0v) is 21.4. The summed E-state index contributed by atoms with van der Waals surface area (Å²) in [7, 11) is 0. The Morgan fingerprint density at radius 1 is 0.970 bits per heavy atom. The molecule has 3 aromatic carbocycles. The molecule has 0 amide bonds. The molecule has 0 aromatic heterocycles. The number of nitriles is 2. The van der Waals surface area contributed by atoms with E-state index >= 15 is 0 Å². The van der Waals surface area contributed by atoms with E-state index in [1.165, 1.54) is 5.56 Å². The van der Waals surface area contributed by atoms with Crippen molar-refractivity contribution in [2.75, 3.05) is 0 Å². The number of nitrogens with zero attached hydrogens (tertiary/aromatic N) is 2. The van der Waals surface area contributed by atoms with E-state index in [0.29, 0.717) is 10.6 Å². The highest BCUT2D eigenvalue weighted by Gasteiger charge is 2.34. The van der Waals surface area contributed by atoms with E-state index in [2.05, 4.69) is 58.5 Å². The Morgan fingerprint density at radius 2 is 1.64 bits per heavy atom. The average molecular weight is 521 g/mol. The minimum absolute atomic E-state index is 0.0197. The lowest BCUT2D eigenvalue weighted by atomic mass is 9.79. The van der Waals surface area contributed by atoms with Gasteiger partial charge in [0.2, 0.25) is 0 Å². The van der Waals surface area contributed by atoms with Crippen molar-refractivity contribution in [1.29, 1.82) is 10.5 Å². The third kappa shape index (κ3) is 6.46. The fourth-order valence-corrected chi connectivity index (χ4v) is 4.69. The van der Waals surface area contributed by atoms with Crippen LogP contribution in [0.2, 0.25) is 5.02 Å². The summed E-state index contributed by atoms with van der Waals surface area (Å²) in [5.74, 6) is 0.0867. The van der Waals surface area contributed by atoms with Gasteiger partial charge in [0.1, 0.15) is 0 Å². The van der Waals surface area contributed by atoms with Crippen LogP contribution in [0.15, 0.2) is 77.3 Å². The molecule has 0 saturated heterocycles. The summed E-state index contributed by atoms with van der Waals surface area (Å²) in [5, 5.41) is 23.9. The van der Waals surface area contributed by atoms with Crippen LogP contribution in [0.1, 0.15) is 55.0 Å². The molecule has 0 heterocycles. The lowest BCUT2D eigenvalue weighted by molar-refractivity contribution is 0.281. The summed E-state index contributed by atoms with van der Waals surface area (Å²) < 4.78 is 0.979. The Balaban J connectivity index is 1.99. The van der Waals surface area contributed by atoms with E-state index in [1.807, 2.05) is 68.4 Å². The van der Waals surface area contributed by atoms with Gasteiger partial charge in [-0.05, 0) is 80.3 Å². The molecule has 0 aliphatic carbocycles. The van der Waals surface area contributed by atoms with Crippen LogP contribution >= 0.6 is 27.5 Å². The second-order valence-corrected chi connectivity index (χ2v) is 10.3. The lowest BCUT2D eigenvalue weighted by Gasteiger charge is -2.36. The Bertz CT molecular complexity index is 1170. The summed E-state index contributed by atoms with van der Waals surface area (Å²) in [6.07, 6.45) is 0.776. The molecule has 0 fully saturated rings. The second-order valence-electron chi connectivity index (χ2n) is 8.95. The van der Waals surface area contributed by atoms with E-state index in [-0.39, 0.29) is 18.0 Å². The van der Waals surface area contributed by atoms with Crippen LogP contribution in [0.5, 0.6) is 0 Å². The van der Waals surface area contributed by atoms with Crippen molar-refractivity contribution in [3.8, 4) is 12.1 Å². The molecule has 33 heavy (non-hydrogen) atoms. The fraction of sp³-hybridized carbons (Fsp3) is 0.286. The fourth-order valence-electron chi connectivity index (χ4n) is 4.15. The van der Waals surface area contributed by atoms with Crippen LogP contribution in [0, 0.1) is 28.1 Å². The molecule has 2 unspecified atom stereocenters. The summed E-state index contributed by atoms with van der Waals surface area (Å²) >= 11 is 9.66. The Hall–Kier alpha value is -2.63. The van der Waals surface area contributed by atoms with Crippen molar-refractivity contribution in [2.24, 2.45) is 5.41 Å². The standard InChI is InChI=1S/C28H27BrClN3/c1-19(33-27(28(2,3)18-32)23-8-5-9-24(29)16-23)26(15-20-10-12-25(30)13-11-20)22-7-4-6-21(14-22)17-31/h4-14,16,19,26-27,33H,15H2,1-3H3/t19?,26?,27-/m0/s1. The Kier molecular flexibility index (Phi) is 8.33. The molecule has 0 aliphatic heterocycles. The van der Waals surface area contributed by atoms with Gasteiger partial charge in [0, 0.05) is 21.5 Å². The predicted molar refractivity (Wildman–Crippen MR) is 138 cm³/mol. The van der Waals surface area contributed by atoms with Gasteiger partial charge in [0.05, 0.1) is 29.2 Å². The van der Waals surface area contributed by atoms with Gasteiger partial charge in [-0.25, -0.2) is 0 Å². The van der Waals surface area contributed by atoms with E-state index in [9.17, 15) is 10.5 Å². The molecule has 3 aromatic rings. The molecule has 168 valence electrons. The lowest BCUT2D eigenvalue weighted by Crippen LogP contribution is -2.42. The number of hydrogen-bond acceptors (Lipinski definition) is 3. The normalized spacial score (nSPS) is 14.0. The molecule has 0 saturated carbocycles. The van der Waals surface area contributed by atoms with Gasteiger partial charge in [-0.15, -0.1) is 0 Å². The molecule has 3 atom stereocenters. The molecule has 0 aliphatic rings. The van der Waals surface area contributed by atoms with Crippen LogP contribution in [-0.4, -0.2) is 6.04 Å². The average Bonchev–Trinajstić information content (AvgIpc) is 2.81. The van der Waals surface area contributed by atoms with Gasteiger partial charge in [-0.1, -0.05) is 63.9 Å². The van der Waals surface area contributed by atoms with Crippen LogP contribution < -0.4 is 5.32 Å². The van der Waals surface area contributed by atoms with E-state index in [0.717, 1.165) is 22.0 Å². The topological polar surface area (TPSA) is 59.6 Å². The first kappa shape index (κ1) is 25.0. The first-order valence-corrected chi connectivity index (χ1v) is 12.1. The molecular formula is C28H27BrClN3. The Labute approximate surface area is 210 Å². The quantitative estimate of drug-likeness (QED) is 0.333. The number of benzene rings is 3. The highest BCUT2D eigenvalue weighted by atomic mass is 79.9. The SMILES string of the molecule is CC(N[C@@H](c1cccc(Br)c1)C(C)(C)C#N)C(Cc1ccc(Cl)cc1)c1cccc(C#N)c1. The van der Waals surface area contributed by atoms with Crippen molar-refractivity contribution in [3.05, 3.63) is 105 Å². The summed E-state index contributed by atoms with van der Waals surface area (Å²) in [5.41, 5.74) is 3.32. The highest BCUT2D eigenvalue weighted by molar-refractivity contribution is 9.10. The molecule has 5 heteroatoms. The van der Waals surface area contributed by atoms with Gasteiger partial charge < -0.3 is 5.32 Å². The van der Waals surface area contributed by atoms with E-state index in [1.54, 1.807) is 0 Å². The highest BCUT2D eigenvalue weighted by Crippen LogP contribution is 2.36. The van der Waals surface area contributed by atoms with Crippen molar-refractivity contribution >= 4 is 27.5 Å². The number of nitrogens with one attached hydrogen (secondary N) is 1. The monoisotopic (exact) mass is 519 g/mol. The van der Waals surface area contributed by atoms with Crippen LogP contribution in [-0.2, 0) is 6.42 Å². The minimum Gasteiger partial charge on any atom is -0.305 e. The molecule has 1 N–H and O–H groups in total. The van der Waals surface area contributed by atoms with Crippen molar-refractivity contribution < 1.29 is 0 Å². The molecular weight excluding hydrogens is 494 g/mol. The molecule has 3 nitrogen and oxygen atoms in total. The smallest absolute Gasteiger partial charge is 0.0991 e. The predicted octanol–water partition coefficient (Wildman–Crippen LogP) is 7.57. The van der Waals surface area contributed by atoms with Crippen molar-refractivity contribution in [1.82, 2.24) is 5.32 Å². The van der Waals surface area contributed by atoms with Crippen LogP contribution in [0.25, 0.3) is 0 Å². The van der Waals surface area contributed by atoms with Crippen molar-refractivity contribution in [3.63, 3.8) is 0 Å². The molecule has 0 bridgehead atoms. The molecule has 0 radical (unpaired) electrons. The number of rotatable bonds is 8. The number of halogens is 2. The number of hydrogen-bond donors (Lipinski definition) is 1. The first-order valence-electron chi connectivity index (χ1n) is 10.9. The van der Waals surface area contributed by atoms with E-state index < -0.39 is 5.41 Å². The van der Waals surface area contributed by atoms with Gasteiger partial charge in [-0.3, -0.25) is 0 Å². The summed E-state index contributed by atoms with van der Waals surface area (Å²) in [6.45, 7) is 6.07. The molecule has 0 spiro atoms. The van der Waals surface area contributed by atoms with Crippen LogP contribution in [0.4, 0.5) is 0 Å². The van der Waals surface area contributed by atoms with Crippen LogP contribution in [0.3, 0.4) is 0 Å². The first-order chi connectivity index (χ1) is 15.7. The second kappa shape index (κ2) is 11.0. The maximum Gasteiger partial charge on any atom is 0.0991 e. The van der Waals surface area contributed by atoms with Gasteiger partial charge in [0.15, 0.2) is 0 Å². The summed E-state index contributed by atoms with van der Waals surface area (Å²) in [6, 6.07) is 28.4. The van der Waals surface area contributed by atoms with E-state index in [4.69, 9.17) is 11.6 Å². The van der Waals surface area contributed by atoms with Crippen molar-refractivity contribution in [2.45, 2.75) is 45.2 Å². The van der Waals surface area contributed by atoms with Gasteiger partial charge >= 0.3 is 0 Å². The third-order valence-electron chi connectivity index (χ3n) is 6.04.